The number of nitrogens with one attached hydrogen (secondary N) is 2. The molecule has 3 fully saturated rings. The molecule has 0 aromatic heterocycles. The molecule has 162 valence electrons. The fourth-order valence-corrected chi connectivity index (χ4v) is 6.68. The Balaban J connectivity index is 1.28. The molecule has 2 aliphatic carbocycles. The van der Waals surface area contributed by atoms with Crippen LogP contribution < -0.4 is 9.80 Å². The van der Waals surface area contributed by atoms with Gasteiger partial charge in [-0.15, -0.1) is 0 Å². The van der Waals surface area contributed by atoms with E-state index in [4.69, 9.17) is 4.74 Å². The zero-order valence-corrected chi connectivity index (χ0v) is 18.3. The predicted molar refractivity (Wildman–Crippen MR) is 114 cm³/mol. The van der Waals surface area contributed by atoms with Gasteiger partial charge in [0.05, 0.1) is 12.6 Å². The molecule has 0 bridgehead atoms. The van der Waals surface area contributed by atoms with Crippen LogP contribution in [-0.4, -0.2) is 56.0 Å². The lowest BCUT2D eigenvalue weighted by molar-refractivity contribution is -0.987. The molecule has 2 aliphatic heterocycles. The number of hydrogen-bond donors (Lipinski definition) is 3. The van der Waals surface area contributed by atoms with Crippen LogP contribution in [0.15, 0.2) is 42.0 Å². The molecule has 0 amide bonds. The van der Waals surface area contributed by atoms with Crippen LogP contribution in [-0.2, 0) is 9.53 Å². The highest BCUT2D eigenvalue weighted by Crippen LogP contribution is 2.55. The van der Waals surface area contributed by atoms with Crippen molar-refractivity contribution in [3.05, 3.63) is 42.0 Å². The third-order valence-corrected chi connectivity index (χ3v) is 8.82. The molecule has 0 radical (unpaired) electrons. The van der Waals surface area contributed by atoms with Crippen LogP contribution in [0.2, 0.25) is 0 Å². The minimum absolute atomic E-state index is 0.0628. The number of fused-ring (bicyclic) bond motifs is 2. The van der Waals surface area contributed by atoms with Gasteiger partial charge in [-0.2, -0.15) is 0 Å². The van der Waals surface area contributed by atoms with Crippen LogP contribution in [0.25, 0.3) is 0 Å². The average molecular weight is 413 g/mol. The summed E-state index contributed by atoms with van der Waals surface area (Å²) >= 11 is 0. The summed E-state index contributed by atoms with van der Waals surface area (Å²) in [4.78, 5) is 15.9. The summed E-state index contributed by atoms with van der Waals surface area (Å²) in [6, 6.07) is 10.7. The second kappa shape index (κ2) is 7.77. The number of rotatable bonds is 3. The smallest absolute Gasteiger partial charge is 0.315 e. The fourth-order valence-electron chi connectivity index (χ4n) is 6.68. The molecule has 5 heteroatoms. The summed E-state index contributed by atoms with van der Waals surface area (Å²) < 4.78 is 5.85. The molecule has 0 unspecified atom stereocenters. The lowest BCUT2D eigenvalue weighted by Gasteiger charge is -2.51. The minimum atomic E-state index is -0.495. The highest BCUT2D eigenvalue weighted by atomic mass is 16.6. The summed E-state index contributed by atoms with van der Waals surface area (Å²) in [5.41, 5.74) is 2.46. The summed E-state index contributed by atoms with van der Waals surface area (Å²) in [6.45, 7) is 9.56. The first kappa shape index (κ1) is 20.2. The van der Waals surface area contributed by atoms with Gasteiger partial charge in [0.25, 0.3) is 0 Å². The summed E-state index contributed by atoms with van der Waals surface area (Å²) in [7, 11) is 0. The maximum atomic E-state index is 12.9. The molecule has 1 saturated carbocycles. The number of ether oxygens (including phenoxy) is 1. The molecule has 2 heterocycles. The maximum Gasteiger partial charge on any atom is 0.315 e. The normalized spacial score (nSPS) is 43.4. The Morgan fingerprint density at radius 3 is 2.63 bits per heavy atom. The van der Waals surface area contributed by atoms with E-state index in [1.165, 1.54) is 21.1 Å². The number of aliphatic hydroxyl groups is 1. The molecule has 3 N–H and O–H groups in total. The van der Waals surface area contributed by atoms with Crippen molar-refractivity contribution in [2.24, 2.45) is 23.2 Å². The third kappa shape index (κ3) is 3.22. The van der Waals surface area contributed by atoms with Crippen LogP contribution >= 0.6 is 0 Å². The number of carbonyl (C=O) groups is 1. The van der Waals surface area contributed by atoms with Crippen molar-refractivity contribution in [2.75, 3.05) is 32.7 Å². The SMILES string of the molecule is C[C@H]1CCC=C2C[C@H]3OC(=O)[C@H](C[NH+]4CC[NH+](c5ccccc5)CC4)[C@H]3[C@@H](O)[C@@]21C. The van der Waals surface area contributed by atoms with E-state index >= 15 is 0 Å². The van der Waals surface area contributed by atoms with Crippen LogP contribution in [0.3, 0.4) is 0 Å². The standard InChI is InChI=1S/C25H34N2O3/c1-17-7-6-8-18-15-21-22(23(28)25(17,18)2)20(24(29)30-21)16-26-11-13-27(14-12-26)19-9-4-3-5-10-19/h3-5,8-10,17,20-23,28H,6-7,11-16H2,1-2H3/p+2/t17-,20+,21+,22+,23+,25+/m0/s1. The van der Waals surface area contributed by atoms with E-state index in [0.717, 1.165) is 52.0 Å². The number of quaternary nitrogens is 2. The van der Waals surface area contributed by atoms with E-state index < -0.39 is 6.10 Å². The van der Waals surface area contributed by atoms with Crippen molar-refractivity contribution >= 4 is 11.7 Å². The molecule has 0 spiro atoms. The number of carbonyl (C=O) groups excluding carboxylic acids is 1. The number of benzene rings is 1. The van der Waals surface area contributed by atoms with E-state index in [1.54, 1.807) is 0 Å². The van der Waals surface area contributed by atoms with Gasteiger partial charge in [-0.3, -0.25) is 9.69 Å². The molecule has 6 atom stereocenters. The monoisotopic (exact) mass is 412 g/mol. The topological polar surface area (TPSA) is 55.4 Å². The van der Waals surface area contributed by atoms with Crippen LogP contribution in [0.4, 0.5) is 5.69 Å². The van der Waals surface area contributed by atoms with Gasteiger partial charge in [0.15, 0.2) is 0 Å². The third-order valence-electron chi connectivity index (χ3n) is 8.82. The Labute approximate surface area is 179 Å². The second-order valence-electron chi connectivity index (χ2n) is 10.2. The molecule has 1 aromatic rings. The highest BCUT2D eigenvalue weighted by molar-refractivity contribution is 5.76. The van der Waals surface area contributed by atoms with E-state index in [2.05, 4.69) is 50.3 Å². The Morgan fingerprint density at radius 1 is 1.17 bits per heavy atom. The van der Waals surface area contributed by atoms with Crippen LogP contribution in [0.1, 0.15) is 33.1 Å². The average Bonchev–Trinajstić information content (AvgIpc) is 3.07. The quantitative estimate of drug-likeness (QED) is 0.497. The molecule has 1 aromatic carbocycles. The summed E-state index contributed by atoms with van der Waals surface area (Å²) in [6.07, 6.45) is 4.67. The first-order valence-electron chi connectivity index (χ1n) is 11.8. The number of hydrogen-bond acceptors (Lipinski definition) is 3. The van der Waals surface area contributed by atoms with E-state index in [-0.39, 0.29) is 29.3 Å². The largest absolute Gasteiger partial charge is 0.461 e. The van der Waals surface area contributed by atoms with Gasteiger partial charge in [-0.1, -0.05) is 43.7 Å². The van der Waals surface area contributed by atoms with Crippen molar-refractivity contribution in [3.63, 3.8) is 0 Å². The highest BCUT2D eigenvalue weighted by Gasteiger charge is 2.60. The maximum absolute atomic E-state index is 12.9. The van der Waals surface area contributed by atoms with Crippen molar-refractivity contribution < 1.29 is 24.4 Å². The molecule has 5 rings (SSSR count). The molecule has 4 aliphatic rings. The predicted octanol–water partition coefficient (Wildman–Crippen LogP) is 0.387. The second-order valence-corrected chi connectivity index (χ2v) is 10.2. The van der Waals surface area contributed by atoms with Gasteiger partial charge in [-0.25, -0.2) is 0 Å². The molecule has 5 nitrogen and oxygen atoms in total. The van der Waals surface area contributed by atoms with Crippen molar-refractivity contribution in [1.82, 2.24) is 0 Å². The lowest BCUT2D eigenvalue weighted by atomic mass is 9.55. The molecular formula is C25H36N2O3+2. The first-order valence-corrected chi connectivity index (χ1v) is 11.8. The van der Waals surface area contributed by atoms with E-state index in [9.17, 15) is 9.90 Å². The van der Waals surface area contributed by atoms with Gasteiger partial charge in [0.2, 0.25) is 0 Å². The Hall–Kier alpha value is -1.69. The van der Waals surface area contributed by atoms with Gasteiger partial charge in [0, 0.05) is 17.8 Å². The number of para-hydroxylation sites is 1. The number of allylic oxidation sites excluding steroid dienone is 1. The van der Waals surface area contributed by atoms with Gasteiger partial charge in [-0.05, 0) is 30.9 Å². The summed E-state index contributed by atoms with van der Waals surface area (Å²) in [5, 5.41) is 11.5. The zero-order valence-electron chi connectivity index (χ0n) is 18.3. The lowest BCUT2D eigenvalue weighted by Crippen LogP contribution is -3.26. The van der Waals surface area contributed by atoms with E-state index in [1.807, 2.05) is 0 Å². The van der Waals surface area contributed by atoms with Crippen LogP contribution in [0.5, 0.6) is 0 Å². The van der Waals surface area contributed by atoms with Gasteiger partial charge < -0.3 is 14.7 Å². The van der Waals surface area contributed by atoms with Crippen molar-refractivity contribution in [2.45, 2.75) is 45.3 Å². The summed E-state index contributed by atoms with van der Waals surface area (Å²) in [5.74, 6) is 0.123. The minimum Gasteiger partial charge on any atom is -0.461 e. The number of esters is 1. The molecular weight excluding hydrogens is 376 g/mol. The fraction of sp³-hybridized carbons (Fsp3) is 0.640. The number of piperazine rings is 1. The van der Waals surface area contributed by atoms with Crippen molar-refractivity contribution in [3.8, 4) is 0 Å². The Kier molecular flexibility index (Phi) is 5.24. The first-order chi connectivity index (χ1) is 14.5. The van der Waals surface area contributed by atoms with Crippen LogP contribution in [0, 0.1) is 23.2 Å². The van der Waals surface area contributed by atoms with Crippen molar-refractivity contribution in [1.29, 1.82) is 0 Å². The van der Waals surface area contributed by atoms with Gasteiger partial charge >= 0.3 is 5.97 Å². The van der Waals surface area contributed by atoms with E-state index in [0.29, 0.717) is 5.92 Å². The van der Waals surface area contributed by atoms with Gasteiger partial charge in [0.1, 0.15) is 43.9 Å². The number of aliphatic hydroxyl groups excluding tert-OH is 1. The molecule has 2 saturated heterocycles. The molecule has 30 heavy (non-hydrogen) atoms. The Bertz CT molecular complexity index is 817. The zero-order chi connectivity index (χ0) is 20.9. The Morgan fingerprint density at radius 2 is 1.90 bits per heavy atom.